The molecule has 0 N–H and O–H groups in total. The second kappa shape index (κ2) is 6.30. The zero-order valence-corrected chi connectivity index (χ0v) is 13.0. The largest absolute Gasteiger partial charge is 0.384 e. The number of hydrogen-bond acceptors (Lipinski definition) is 3. The van der Waals surface area contributed by atoms with Crippen LogP contribution in [0.4, 0.5) is 4.39 Å². The molecule has 3 rings (SSSR count). The summed E-state index contributed by atoms with van der Waals surface area (Å²) in [6.45, 7) is 0.495. The predicted octanol–water partition coefficient (Wildman–Crippen LogP) is 2.93. The lowest BCUT2D eigenvalue weighted by molar-refractivity contribution is 0.199. The normalized spacial score (nSPS) is 11.1. The third-order valence-electron chi connectivity index (χ3n) is 3.86. The van der Waals surface area contributed by atoms with Gasteiger partial charge in [-0.05, 0) is 35.4 Å². The highest BCUT2D eigenvalue weighted by Crippen LogP contribution is 2.23. The van der Waals surface area contributed by atoms with E-state index in [4.69, 9.17) is 4.74 Å². The number of methoxy groups -OCH3 is 1. The van der Waals surface area contributed by atoms with E-state index >= 15 is 0 Å². The third kappa shape index (κ3) is 3.00. The van der Waals surface area contributed by atoms with Crippen molar-refractivity contribution in [3.05, 3.63) is 64.5 Å². The fourth-order valence-electron chi connectivity index (χ4n) is 2.58. The molecule has 1 heterocycles. The van der Waals surface area contributed by atoms with Crippen LogP contribution in [0.5, 0.6) is 0 Å². The number of benzene rings is 2. The highest BCUT2D eigenvalue weighted by atomic mass is 19.1. The lowest BCUT2D eigenvalue weighted by Gasteiger charge is -2.10. The summed E-state index contributed by atoms with van der Waals surface area (Å²) in [5.74, 6) is 0.376. The number of nitrogens with zero attached hydrogens (tertiary/aromatic N) is 2. The van der Waals surface area contributed by atoms with Crippen molar-refractivity contribution < 1.29 is 9.13 Å². The molecule has 0 bridgehead atoms. The Balaban J connectivity index is 2.15. The summed E-state index contributed by atoms with van der Waals surface area (Å²) in [4.78, 5) is 17.0. The summed E-state index contributed by atoms with van der Waals surface area (Å²) in [6, 6.07) is 11.7. The Morgan fingerprint density at radius 2 is 1.96 bits per heavy atom. The van der Waals surface area contributed by atoms with Crippen molar-refractivity contribution in [1.82, 2.24) is 9.55 Å². The van der Waals surface area contributed by atoms with Crippen LogP contribution in [0.2, 0.25) is 0 Å². The van der Waals surface area contributed by atoms with Crippen LogP contribution in [-0.4, -0.2) is 23.3 Å². The Morgan fingerprint density at radius 3 is 2.70 bits per heavy atom. The summed E-state index contributed by atoms with van der Waals surface area (Å²) >= 11 is 0. The zero-order chi connectivity index (χ0) is 16.4. The van der Waals surface area contributed by atoms with Crippen LogP contribution in [0.3, 0.4) is 0 Å². The minimum absolute atomic E-state index is 0.0908. The van der Waals surface area contributed by atoms with Gasteiger partial charge in [0.15, 0.2) is 0 Å². The van der Waals surface area contributed by atoms with Crippen molar-refractivity contribution in [2.24, 2.45) is 7.05 Å². The second-order valence-electron chi connectivity index (χ2n) is 5.38. The molecule has 0 radical (unpaired) electrons. The first kappa shape index (κ1) is 15.4. The quantitative estimate of drug-likeness (QED) is 0.744. The van der Waals surface area contributed by atoms with Crippen molar-refractivity contribution in [3.63, 3.8) is 0 Å². The van der Waals surface area contributed by atoms with Gasteiger partial charge in [-0.2, -0.15) is 0 Å². The molecule has 5 heteroatoms. The van der Waals surface area contributed by atoms with E-state index in [9.17, 15) is 9.18 Å². The molecule has 0 saturated carbocycles. The minimum atomic E-state index is -0.291. The average Bonchev–Trinajstić information content (AvgIpc) is 2.56. The molecule has 23 heavy (non-hydrogen) atoms. The lowest BCUT2D eigenvalue weighted by Crippen LogP contribution is -2.23. The van der Waals surface area contributed by atoms with Gasteiger partial charge in [0.25, 0.3) is 5.56 Å². The first-order valence-corrected chi connectivity index (χ1v) is 7.34. The van der Waals surface area contributed by atoms with Gasteiger partial charge in [-0.15, -0.1) is 0 Å². The van der Waals surface area contributed by atoms with E-state index in [1.165, 1.54) is 12.1 Å². The van der Waals surface area contributed by atoms with Crippen LogP contribution in [0.1, 0.15) is 5.82 Å². The summed E-state index contributed by atoms with van der Waals surface area (Å²) in [5, 5.41) is 0.550. The van der Waals surface area contributed by atoms with Crippen molar-refractivity contribution in [3.8, 4) is 11.1 Å². The lowest BCUT2D eigenvalue weighted by atomic mass is 10.0. The molecule has 0 atom stereocenters. The maximum Gasteiger partial charge on any atom is 0.261 e. The summed E-state index contributed by atoms with van der Waals surface area (Å²) in [7, 11) is 3.32. The molecule has 0 aliphatic carbocycles. The molecule has 2 aromatic carbocycles. The number of ether oxygens (including phenoxy) is 1. The Kier molecular flexibility index (Phi) is 4.21. The fourth-order valence-corrected chi connectivity index (χ4v) is 2.58. The number of hydrogen-bond donors (Lipinski definition) is 0. The SMILES string of the molecule is COCCc1nc2cc(-c3cccc(F)c3)ccc2c(=O)n1C. The minimum Gasteiger partial charge on any atom is -0.384 e. The van der Waals surface area contributed by atoms with E-state index in [0.717, 1.165) is 11.1 Å². The molecule has 0 aliphatic rings. The van der Waals surface area contributed by atoms with E-state index in [0.29, 0.717) is 29.8 Å². The van der Waals surface area contributed by atoms with Crippen molar-refractivity contribution >= 4 is 10.9 Å². The molecular formula is C18H17FN2O2. The van der Waals surface area contributed by atoms with E-state index in [1.54, 1.807) is 30.9 Å². The fraction of sp³-hybridized carbons (Fsp3) is 0.222. The third-order valence-corrected chi connectivity index (χ3v) is 3.86. The standard InChI is InChI=1S/C18H17FN2O2/c1-21-17(8-9-23-2)20-16-11-13(6-7-15(16)18(21)22)12-4-3-5-14(19)10-12/h3-7,10-11H,8-9H2,1-2H3. The highest BCUT2D eigenvalue weighted by Gasteiger charge is 2.09. The molecule has 4 nitrogen and oxygen atoms in total. The Morgan fingerprint density at radius 1 is 1.17 bits per heavy atom. The monoisotopic (exact) mass is 312 g/mol. The first-order valence-electron chi connectivity index (χ1n) is 7.34. The van der Waals surface area contributed by atoms with Gasteiger partial charge in [-0.3, -0.25) is 9.36 Å². The van der Waals surface area contributed by atoms with E-state index in [2.05, 4.69) is 4.98 Å². The van der Waals surface area contributed by atoms with Gasteiger partial charge in [0.05, 0.1) is 17.5 Å². The van der Waals surface area contributed by atoms with Gasteiger partial charge >= 0.3 is 0 Å². The van der Waals surface area contributed by atoms with E-state index in [-0.39, 0.29) is 11.4 Å². The Hall–Kier alpha value is -2.53. The maximum absolute atomic E-state index is 13.4. The van der Waals surface area contributed by atoms with Crippen LogP contribution < -0.4 is 5.56 Å². The van der Waals surface area contributed by atoms with Crippen LogP contribution >= 0.6 is 0 Å². The molecular weight excluding hydrogens is 295 g/mol. The molecule has 0 saturated heterocycles. The summed E-state index contributed by atoms with van der Waals surface area (Å²) < 4.78 is 20.0. The van der Waals surface area contributed by atoms with Gasteiger partial charge in [0.2, 0.25) is 0 Å². The average molecular weight is 312 g/mol. The number of halogens is 1. The van der Waals surface area contributed by atoms with Crippen molar-refractivity contribution in [2.45, 2.75) is 6.42 Å². The number of rotatable bonds is 4. The molecule has 1 aromatic heterocycles. The smallest absolute Gasteiger partial charge is 0.261 e. The zero-order valence-electron chi connectivity index (χ0n) is 13.0. The van der Waals surface area contributed by atoms with Crippen molar-refractivity contribution in [2.75, 3.05) is 13.7 Å². The van der Waals surface area contributed by atoms with E-state index in [1.807, 2.05) is 18.2 Å². The Bertz CT molecular complexity index is 919. The molecule has 0 amide bonds. The predicted molar refractivity (Wildman–Crippen MR) is 88.0 cm³/mol. The van der Waals surface area contributed by atoms with Crippen molar-refractivity contribution in [1.29, 1.82) is 0 Å². The summed E-state index contributed by atoms with van der Waals surface area (Å²) in [6.07, 6.45) is 0.558. The highest BCUT2D eigenvalue weighted by molar-refractivity contribution is 5.83. The van der Waals surface area contributed by atoms with Crippen LogP contribution in [0.15, 0.2) is 47.3 Å². The summed E-state index contributed by atoms with van der Waals surface area (Å²) in [5.41, 5.74) is 2.11. The molecule has 0 unspecified atom stereocenters. The van der Waals surface area contributed by atoms with Gasteiger partial charge < -0.3 is 4.74 Å². The second-order valence-corrected chi connectivity index (χ2v) is 5.38. The topological polar surface area (TPSA) is 44.1 Å². The molecule has 0 fully saturated rings. The number of aromatic nitrogens is 2. The van der Waals surface area contributed by atoms with Crippen LogP contribution in [0.25, 0.3) is 22.0 Å². The molecule has 0 spiro atoms. The Labute approximate surface area is 133 Å². The number of fused-ring (bicyclic) bond motifs is 1. The van der Waals surface area contributed by atoms with Crippen LogP contribution in [0, 0.1) is 5.82 Å². The van der Waals surface area contributed by atoms with Gasteiger partial charge in [0, 0.05) is 20.6 Å². The molecule has 0 aliphatic heterocycles. The van der Waals surface area contributed by atoms with Gasteiger partial charge in [-0.25, -0.2) is 9.37 Å². The van der Waals surface area contributed by atoms with E-state index < -0.39 is 0 Å². The molecule has 118 valence electrons. The van der Waals surface area contributed by atoms with Crippen LogP contribution in [-0.2, 0) is 18.2 Å². The maximum atomic E-state index is 13.4. The van der Waals surface area contributed by atoms with Gasteiger partial charge in [-0.1, -0.05) is 18.2 Å². The molecule has 3 aromatic rings. The first-order chi connectivity index (χ1) is 11.1. The van der Waals surface area contributed by atoms with Gasteiger partial charge in [0.1, 0.15) is 11.6 Å².